The van der Waals surface area contributed by atoms with Crippen molar-refractivity contribution in [1.29, 1.82) is 0 Å². The average Bonchev–Trinajstić information content (AvgIpc) is 3.00. The van der Waals surface area contributed by atoms with Gasteiger partial charge in [0.1, 0.15) is 5.75 Å². The number of carbonyl (C=O) groups excluding carboxylic acids is 1. The molecule has 0 saturated heterocycles. The van der Waals surface area contributed by atoms with Gasteiger partial charge in [0, 0.05) is 22.7 Å². The molecule has 0 aliphatic rings. The molecule has 5 nitrogen and oxygen atoms in total. The normalized spacial score (nSPS) is 11.1. The third-order valence-corrected chi connectivity index (χ3v) is 3.93. The summed E-state index contributed by atoms with van der Waals surface area (Å²) in [6.45, 7) is 3.90. The summed E-state index contributed by atoms with van der Waals surface area (Å²) in [6.07, 6.45) is 3.47. The number of aryl methyl sites for hydroxylation is 1. The molecule has 2 aromatic carbocycles. The van der Waals surface area contributed by atoms with Gasteiger partial charge in [0.25, 0.3) is 5.91 Å². The van der Waals surface area contributed by atoms with Crippen molar-refractivity contribution >= 4 is 23.0 Å². The molecule has 1 aromatic heterocycles. The van der Waals surface area contributed by atoms with Crippen LogP contribution in [-0.4, -0.2) is 23.7 Å². The minimum Gasteiger partial charge on any atom is -0.483 e. The molecule has 2 N–H and O–H groups in total. The maximum atomic E-state index is 11.8. The zero-order chi connectivity index (χ0) is 16.9. The standard InChI is InChI=1S/C19H19N3O2/c1-13-6-5-9-18(14(13)2)24-12-19(23)22-21-11-15-10-20-17-8-4-3-7-16(15)17/h3-11,20H,12H2,1-2H3,(H,22,23). The largest absolute Gasteiger partial charge is 0.483 e. The zero-order valence-electron chi connectivity index (χ0n) is 13.7. The topological polar surface area (TPSA) is 66.5 Å². The number of para-hydroxylation sites is 1. The van der Waals surface area contributed by atoms with E-state index in [0.29, 0.717) is 5.75 Å². The highest BCUT2D eigenvalue weighted by atomic mass is 16.5. The van der Waals surface area contributed by atoms with Crippen LogP contribution < -0.4 is 10.2 Å². The summed E-state index contributed by atoms with van der Waals surface area (Å²) in [5.41, 5.74) is 6.60. The third kappa shape index (κ3) is 3.46. The van der Waals surface area contributed by atoms with Gasteiger partial charge >= 0.3 is 0 Å². The molecule has 0 aliphatic carbocycles. The van der Waals surface area contributed by atoms with Gasteiger partial charge in [-0.25, -0.2) is 5.43 Å². The van der Waals surface area contributed by atoms with Crippen LogP contribution in [0.2, 0.25) is 0 Å². The number of rotatable bonds is 5. The molecule has 1 amide bonds. The maximum Gasteiger partial charge on any atom is 0.277 e. The molecule has 3 aromatic rings. The number of nitrogens with one attached hydrogen (secondary N) is 2. The molecule has 122 valence electrons. The number of hydrogen-bond donors (Lipinski definition) is 2. The number of benzene rings is 2. The molecule has 3 rings (SSSR count). The second kappa shape index (κ2) is 7.00. The highest BCUT2D eigenvalue weighted by Crippen LogP contribution is 2.20. The van der Waals surface area contributed by atoms with Crippen LogP contribution in [0.15, 0.2) is 53.8 Å². The van der Waals surface area contributed by atoms with E-state index < -0.39 is 0 Å². The number of H-pyrrole nitrogens is 1. The van der Waals surface area contributed by atoms with Crippen molar-refractivity contribution in [3.8, 4) is 5.75 Å². The summed E-state index contributed by atoms with van der Waals surface area (Å²) in [5, 5.41) is 5.05. The number of carbonyl (C=O) groups is 1. The number of amides is 1. The second-order valence-electron chi connectivity index (χ2n) is 5.57. The van der Waals surface area contributed by atoms with Crippen molar-refractivity contribution in [3.05, 3.63) is 65.4 Å². The lowest BCUT2D eigenvalue weighted by Crippen LogP contribution is -2.24. The van der Waals surface area contributed by atoms with Crippen LogP contribution in [0.5, 0.6) is 5.75 Å². The van der Waals surface area contributed by atoms with Gasteiger partial charge in [0.05, 0.1) is 6.21 Å². The van der Waals surface area contributed by atoms with Crippen molar-refractivity contribution in [2.24, 2.45) is 5.10 Å². The summed E-state index contributed by atoms with van der Waals surface area (Å²) in [5.74, 6) is 0.415. The summed E-state index contributed by atoms with van der Waals surface area (Å²) in [7, 11) is 0. The van der Waals surface area contributed by atoms with Crippen molar-refractivity contribution in [1.82, 2.24) is 10.4 Å². The van der Waals surface area contributed by atoms with Crippen molar-refractivity contribution < 1.29 is 9.53 Å². The molecule has 0 atom stereocenters. The molecule has 0 unspecified atom stereocenters. The summed E-state index contributed by atoms with van der Waals surface area (Å²) >= 11 is 0. The van der Waals surface area contributed by atoms with Crippen molar-refractivity contribution in [3.63, 3.8) is 0 Å². The van der Waals surface area contributed by atoms with Gasteiger partial charge in [-0.3, -0.25) is 4.79 Å². The van der Waals surface area contributed by atoms with E-state index in [9.17, 15) is 4.79 Å². The van der Waals surface area contributed by atoms with E-state index in [1.54, 1.807) is 6.21 Å². The minimum absolute atomic E-state index is 0.0739. The van der Waals surface area contributed by atoms with E-state index in [1.807, 2.05) is 62.5 Å². The van der Waals surface area contributed by atoms with Crippen LogP contribution in [0.3, 0.4) is 0 Å². The lowest BCUT2D eigenvalue weighted by atomic mass is 10.1. The van der Waals surface area contributed by atoms with Crippen LogP contribution >= 0.6 is 0 Å². The Morgan fingerprint density at radius 3 is 2.92 bits per heavy atom. The molecule has 5 heteroatoms. The Morgan fingerprint density at radius 2 is 2.04 bits per heavy atom. The third-order valence-electron chi connectivity index (χ3n) is 3.93. The Hall–Kier alpha value is -3.08. The van der Waals surface area contributed by atoms with Crippen molar-refractivity contribution in [2.45, 2.75) is 13.8 Å². The molecule has 0 spiro atoms. The first-order valence-corrected chi connectivity index (χ1v) is 7.72. The summed E-state index contributed by atoms with van der Waals surface area (Å²) in [4.78, 5) is 15.0. The van der Waals surface area contributed by atoms with Crippen LogP contribution in [0.25, 0.3) is 10.9 Å². The molecule has 0 bridgehead atoms. The fourth-order valence-electron chi connectivity index (χ4n) is 2.43. The van der Waals surface area contributed by atoms with Gasteiger partial charge in [-0.2, -0.15) is 5.10 Å². The Balaban J connectivity index is 1.56. The first-order chi connectivity index (χ1) is 11.6. The smallest absolute Gasteiger partial charge is 0.277 e. The number of fused-ring (bicyclic) bond motifs is 1. The van der Waals surface area contributed by atoms with Gasteiger partial charge < -0.3 is 9.72 Å². The van der Waals surface area contributed by atoms with Crippen LogP contribution in [0.1, 0.15) is 16.7 Å². The lowest BCUT2D eigenvalue weighted by molar-refractivity contribution is -0.123. The van der Waals surface area contributed by atoms with Crippen molar-refractivity contribution in [2.75, 3.05) is 6.61 Å². The average molecular weight is 321 g/mol. The lowest BCUT2D eigenvalue weighted by Gasteiger charge is -2.09. The SMILES string of the molecule is Cc1cccc(OCC(=O)NN=Cc2c[nH]c3ccccc23)c1C. The summed E-state index contributed by atoms with van der Waals surface area (Å²) in [6, 6.07) is 13.7. The molecule has 0 fully saturated rings. The van der Waals surface area contributed by atoms with E-state index in [-0.39, 0.29) is 12.5 Å². The summed E-state index contributed by atoms with van der Waals surface area (Å²) < 4.78 is 5.55. The first-order valence-electron chi connectivity index (χ1n) is 7.72. The van der Waals surface area contributed by atoms with Crippen LogP contribution in [0.4, 0.5) is 0 Å². The Kier molecular flexibility index (Phi) is 4.61. The zero-order valence-corrected chi connectivity index (χ0v) is 13.7. The maximum absolute atomic E-state index is 11.8. The van der Waals surface area contributed by atoms with E-state index in [1.165, 1.54) is 0 Å². The van der Waals surface area contributed by atoms with E-state index in [0.717, 1.165) is 27.6 Å². The van der Waals surface area contributed by atoms with Gasteiger partial charge in [-0.15, -0.1) is 0 Å². The predicted molar refractivity (Wildman–Crippen MR) is 95.4 cm³/mol. The monoisotopic (exact) mass is 321 g/mol. The van der Waals surface area contributed by atoms with Gasteiger partial charge in [-0.05, 0) is 37.1 Å². The fourth-order valence-corrected chi connectivity index (χ4v) is 2.43. The number of aromatic nitrogens is 1. The van der Waals surface area contributed by atoms with Gasteiger partial charge in [-0.1, -0.05) is 30.3 Å². The van der Waals surface area contributed by atoms with Crippen LogP contribution in [0, 0.1) is 13.8 Å². The van der Waals surface area contributed by atoms with E-state index in [4.69, 9.17) is 4.74 Å². The van der Waals surface area contributed by atoms with Gasteiger partial charge in [0.15, 0.2) is 6.61 Å². The predicted octanol–water partition coefficient (Wildman–Crippen LogP) is 3.31. The first kappa shape index (κ1) is 15.8. The van der Waals surface area contributed by atoms with Gasteiger partial charge in [0.2, 0.25) is 0 Å². The van der Waals surface area contributed by atoms with E-state index >= 15 is 0 Å². The Bertz CT molecular complexity index is 897. The fraction of sp³-hybridized carbons (Fsp3) is 0.158. The molecule has 0 radical (unpaired) electrons. The highest BCUT2D eigenvalue weighted by molar-refractivity contribution is 5.99. The number of nitrogens with zero attached hydrogens (tertiary/aromatic N) is 1. The number of hydrazone groups is 1. The molecular formula is C19H19N3O2. The Labute approximate surface area is 140 Å². The molecule has 0 aliphatic heterocycles. The Morgan fingerprint density at radius 1 is 1.21 bits per heavy atom. The number of hydrogen-bond acceptors (Lipinski definition) is 3. The molecule has 24 heavy (non-hydrogen) atoms. The molecule has 0 saturated carbocycles. The minimum atomic E-state index is -0.299. The number of ether oxygens (including phenoxy) is 1. The number of aromatic amines is 1. The molecule has 1 heterocycles. The quantitative estimate of drug-likeness (QED) is 0.559. The second-order valence-corrected chi connectivity index (χ2v) is 5.57. The highest BCUT2D eigenvalue weighted by Gasteiger charge is 2.05. The van der Waals surface area contributed by atoms with E-state index in [2.05, 4.69) is 15.5 Å². The molecular weight excluding hydrogens is 302 g/mol. The van der Waals surface area contributed by atoms with Crippen LogP contribution in [-0.2, 0) is 4.79 Å².